The molecule has 186 valence electrons. The lowest BCUT2D eigenvalue weighted by molar-refractivity contribution is -0.146. The molecule has 0 bridgehead atoms. The molecule has 3 rings (SSSR count). The topological polar surface area (TPSA) is 104 Å². The van der Waals surface area contributed by atoms with Gasteiger partial charge in [-0.3, -0.25) is 14.4 Å². The monoisotopic (exact) mass is 484 g/mol. The Morgan fingerprint density at radius 3 is 2.06 bits per heavy atom. The molecule has 1 N–H and O–H groups in total. The number of esters is 1. The van der Waals surface area contributed by atoms with Gasteiger partial charge in [0.2, 0.25) is 0 Å². The number of carbonyl (C=O) groups excluding carboxylic acids is 4. The zero-order valence-corrected chi connectivity index (χ0v) is 20.0. The molecule has 2 unspecified atom stereocenters. The van der Waals surface area contributed by atoms with Crippen LogP contribution in [0.3, 0.4) is 0 Å². The maximum Gasteiger partial charge on any atom is 0.419 e. The number of aromatic nitrogens is 1. The SMILES string of the molecule is CCCOC(=O)CC(NC(=O)C(OC(=O)n1c2ccccc2c2ccccc21)C(C)C)C(=O)CF. The van der Waals surface area contributed by atoms with Gasteiger partial charge in [0, 0.05) is 10.8 Å². The molecular formula is C26H29FN2O6. The molecule has 1 heterocycles. The molecule has 0 saturated carbocycles. The molecule has 1 amide bonds. The molecule has 1 aromatic heterocycles. The first-order valence-corrected chi connectivity index (χ1v) is 11.5. The van der Waals surface area contributed by atoms with Gasteiger partial charge in [-0.15, -0.1) is 0 Å². The van der Waals surface area contributed by atoms with Crippen molar-refractivity contribution < 1.29 is 33.0 Å². The van der Waals surface area contributed by atoms with Gasteiger partial charge in [-0.2, -0.15) is 0 Å². The number of nitrogens with one attached hydrogen (secondary N) is 1. The number of carbonyl (C=O) groups is 4. The Balaban J connectivity index is 1.84. The second-order valence-corrected chi connectivity index (χ2v) is 8.50. The Morgan fingerprint density at radius 2 is 1.54 bits per heavy atom. The second-order valence-electron chi connectivity index (χ2n) is 8.50. The van der Waals surface area contributed by atoms with Crippen LogP contribution in [0, 0.1) is 5.92 Å². The van der Waals surface area contributed by atoms with Crippen LogP contribution in [-0.2, 0) is 23.9 Å². The fourth-order valence-corrected chi connectivity index (χ4v) is 3.81. The number of hydrogen-bond acceptors (Lipinski definition) is 6. The summed E-state index contributed by atoms with van der Waals surface area (Å²) < 4.78 is 25.0. The summed E-state index contributed by atoms with van der Waals surface area (Å²) in [6.45, 7) is 3.93. The Labute approximate surface area is 202 Å². The van der Waals surface area contributed by atoms with E-state index in [2.05, 4.69) is 5.32 Å². The lowest BCUT2D eigenvalue weighted by Gasteiger charge is -2.24. The predicted molar refractivity (Wildman–Crippen MR) is 129 cm³/mol. The van der Waals surface area contributed by atoms with Crippen molar-refractivity contribution in [2.75, 3.05) is 13.3 Å². The molecule has 2 aromatic carbocycles. The predicted octanol–water partition coefficient (Wildman–Crippen LogP) is 4.17. The standard InChI is InChI=1S/C26H29FN2O6/c1-4-13-34-23(31)14-19(22(30)15-27)28-25(32)24(16(2)3)35-26(33)29-20-11-7-5-9-17(20)18-10-6-8-12-21(18)29/h5-12,16,19,24H,4,13-15H2,1-3H3,(H,28,32). The number of amides is 1. The van der Waals surface area contributed by atoms with E-state index in [4.69, 9.17) is 9.47 Å². The van der Waals surface area contributed by atoms with Gasteiger partial charge < -0.3 is 14.8 Å². The van der Waals surface area contributed by atoms with E-state index < -0.39 is 54.9 Å². The number of alkyl halides is 1. The number of hydrogen-bond donors (Lipinski definition) is 1. The second kappa shape index (κ2) is 11.6. The van der Waals surface area contributed by atoms with Gasteiger partial charge in [0.25, 0.3) is 5.91 Å². The number of fused-ring (bicyclic) bond motifs is 3. The van der Waals surface area contributed by atoms with Crippen molar-refractivity contribution in [2.24, 2.45) is 5.92 Å². The summed E-state index contributed by atoms with van der Waals surface area (Å²) in [5, 5.41) is 4.07. The first-order valence-electron chi connectivity index (χ1n) is 11.5. The van der Waals surface area contributed by atoms with Crippen molar-refractivity contribution in [3.8, 4) is 0 Å². The van der Waals surface area contributed by atoms with Gasteiger partial charge in [0.05, 0.1) is 24.1 Å². The van der Waals surface area contributed by atoms with Gasteiger partial charge in [-0.05, 0) is 24.5 Å². The Kier molecular flexibility index (Phi) is 8.57. The Morgan fingerprint density at radius 1 is 0.971 bits per heavy atom. The van der Waals surface area contributed by atoms with Gasteiger partial charge in [0.15, 0.2) is 11.9 Å². The summed E-state index contributed by atoms with van der Waals surface area (Å²) >= 11 is 0. The van der Waals surface area contributed by atoms with Gasteiger partial charge in [0.1, 0.15) is 12.7 Å². The number of rotatable bonds is 10. The Hall–Kier alpha value is -3.75. The highest BCUT2D eigenvalue weighted by Crippen LogP contribution is 2.29. The molecule has 8 nitrogen and oxygen atoms in total. The van der Waals surface area contributed by atoms with E-state index >= 15 is 0 Å². The lowest BCUT2D eigenvalue weighted by Crippen LogP contribution is -2.50. The molecule has 35 heavy (non-hydrogen) atoms. The third-order valence-corrected chi connectivity index (χ3v) is 5.53. The van der Waals surface area contributed by atoms with E-state index in [9.17, 15) is 23.6 Å². The highest BCUT2D eigenvalue weighted by Gasteiger charge is 2.32. The normalized spacial score (nSPS) is 12.9. The molecule has 0 fully saturated rings. The maximum absolute atomic E-state index is 13.3. The van der Waals surface area contributed by atoms with Crippen molar-refractivity contribution in [2.45, 2.75) is 45.8 Å². The highest BCUT2D eigenvalue weighted by molar-refractivity contribution is 6.12. The van der Waals surface area contributed by atoms with E-state index in [0.29, 0.717) is 17.5 Å². The third kappa shape index (κ3) is 5.85. The smallest absolute Gasteiger partial charge is 0.419 e. The van der Waals surface area contributed by atoms with Crippen LogP contribution < -0.4 is 5.32 Å². The summed E-state index contributed by atoms with van der Waals surface area (Å²) in [7, 11) is 0. The molecule has 3 aromatic rings. The Bertz CT molecular complexity index is 1180. The number of nitrogens with zero attached hydrogens (tertiary/aromatic N) is 1. The summed E-state index contributed by atoms with van der Waals surface area (Å²) in [6, 6.07) is 13.2. The van der Waals surface area contributed by atoms with Crippen LogP contribution in [-0.4, -0.2) is 53.7 Å². The molecule has 0 aliphatic rings. The minimum Gasteiger partial charge on any atom is -0.466 e. The van der Waals surface area contributed by atoms with Gasteiger partial charge in [-0.25, -0.2) is 13.8 Å². The van der Waals surface area contributed by atoms with Crippen molar-refractivity contribution in [1.29, 1.82) is 0 Å². The van der Waals surface area contributed by atoms with Crippen LogP contribution in [0.1, 0.15) is 33.6 Å². The molecule has 0 saturated heterocycles. The molecule has 0 aliphatic carbocycles. The first-order chi connectivity index (χ1) is 16.8. The molecule has 9 heteroatoms. The van der Waals surface area contributed by atoms with Crippen LogP contribution in [0.5, 0.6) is 0 Å². The largest absolute Gasteiger partial charge is 0.466 e. The molecule has 2 atom stereocenters. The average molecular weight is 485 g/mol. The zero-order valence-electron chi connectivity index (χ0n) is 20.0. The fraction of sp³-hybridized carbons (Fsp3) is 0.385. The lowest BCUT2D eigenvalue weighted by atomic mass is 10.0. The zero-order chi connectivity index (χ0) is 25.5. The van der Waals surface area contributed by atoms with E-state index in [1.165, 1.54) is 4.57 Å². The molecule has 0 spiro atoms. The van der Waals surface area contributed by atoms with Crippen LogP contribution in [0.4, 0.5) is 9.18 Å². The number of para-hydroxylation sites is 2. The molecule has 0 aliphatic heterocycles. The summed E-state index contributed by atoms with van der Waals surface area (Å²) in [4.78, 5) is 50.3. The minimum atomic E-state index is -1.43. The van der Waals surface area contributed by atoms with Crippen LogP contribution >= 0.6 is 0 Å². The quantitative estimate of drug-likeness (QED) is 0.433. The molecule has 0 radical (unpaired) electrons. The van der Waals surface area contributed by atoms with Crippen molar-refractivity contribution in [3.63, 3.8) is 0 Å². The average Bonchev–Trinajstić information content (AvgIpc) is 3.19. The first kappa shape index (κ1) is 25.9. The summed E-state index contributed by atoms with van der Waals surface area (Å²) in [5.41, 5.74) is 1.23. The van der Waals surface area contributed by atoms with Crippen LogP contribution in [0.2, 0.25) is 0 Å². The summed E-state index contributed by atoms with van der Waals surface area (Å²) in [6.07, 6.45) is -2.00. The van der Waals surface area contributed by atoms with E-state index in [0.717, 1.165) is 10.8 Å². The fourth-order valence-electron chi connectivity index (χ4n) is 3.81. The maximum atomic E-state index is 13.3. The highest BCUT2D eigenvalue weighted by atomic mass is 19.1. The van der Waals surface area contributed by atoms with E-state index in [1.54, 1.807) is 45.0 Å². The van der Waals surface area contributed by atoms with Crippen LogP contribution in [0.15, 0.2) is 48.5 Å². The third-order valence-electron chi connectivity index (χ3n) is 5.53. The number of ketones is 1. The van der Waals surface area contributed by atoms with Crippen LogP contribution in [0.25, 0.3) is 21.8 Å². The number of halogens is 1. The van der Waals surface area contributed by atoms with E-state index in [-0.39, 0.29) is 6.61 Å². The number of Topliss-reactive ketones (excluding diaryl/α,β-unsaturated/α-hetero) is 1. The van der Waals surface area contributed by atoms with Crippen molar-refractivity contribution >= 4 is 45.6 Å². The van der Waals surface area contributed by atoms with Gasteiger partial charge >= 0.3 is 12.1 Å². The van der Waals surface area contributed by atoms with E-state index in [1.807, 2.05) is 24.3 Å². The van der Waals surface area contributed by atoms with Gasteiger partial charge in [-0.1, -0.05) is 57.2 Å². The number of benzene rings is 2. The van der Waals surface area contributed by atoms with Crippen molar-refractivity contribution in [3.05, 3.63) is 48.5 Å². The molecular weight excluding hydrogens is 455 g/mol. The minimum absolute atomic E-state index is 0.147. The summed E-state index contributed by atoms with van der Waals surface area (Å²) in [5.74, 6) is -2.98. The number of ether oxygens (including phenoxy) is 2. The van der Waals surface area contributed by atoms with Crippen molar-refractivity contribution in [1.82, 2.24) is 9.88 Å².